The third-order valence-electron chi connectivity index (χ3n) is 6.37. The monoisotopic (exact) mass is 458 g/mol. The van der Waals surface area contributed by atoms with Crippen LogP contribution in [0.5, 0.6) is 0 Å². The van der Waals surface area contributed by atoms with Crippen molar-refractivity contribution in [2.45, 2.75) is 32.7 Å². The molecule has 1 unspecified atom stereocenters. The Hall–Kier alpha value is -4.01. The lowest BCUT2D eigenvalue weighted by Crippen LogP contribution is -2.36. The van der Waals surface area contributed by atoms with Gasteiger partial charge in [-0.25, -0.2) is 4.68 Å². The first-order valence-electron chi connectivity index (χ1n) is 11.1. The molecule has 0 saturated heterocycles. The molecule has 2 heterocycles. The number of benzene rings is 2. The number of carbonyl (C=O) groups excluding carboxylic acids is 1. The van der Waals surface area contributed by atoms with Gasteiger partial charge in [0.25, 0.3) is 5.69 Å². The molecule has 0 radical (unpaired) electrons. The zero-order valence-electron chi connectivity index (χ0n) is 19.6. The van der Waals surface area contributed by atoms with E-state index >= 15 is 0 Å². The molecule has 2 aromatic carbocycles. The van der Waals surface area contributed by atoms with Crippen molar-refractivity contribution in [3.05, 3.63) is 75.5 Å². The van der Waals surface area contributed by atoms with Crippen LogP contribution in [-0.2, 0) is 4.79 Å². The van der Waals surface area contributed by atoms with Gasteiger partial charge in [0.1, 0.15) is 6.04 Å². The van der Waals surface area contributed by atoms with E-state index in [1.807, 2.05) is 43.3 Å². The van der Waals surface area contributed by atoms with Crippen molar-refractivity contribution in [3.63, 3.8) is 0 Å². The zero-order valence-corrected chi connectivity index (χ0v) is 19.6. The van der Waals surface area contributed by atoms with Gasteiger partial charge < -0.3 is 10.2 Å². The molecule has 3 aromatic rings. The smallest absolute Gasteiger partial charge is 0.269 e. The highest BCUT2D eigenvalue weighted by atomic mass is 16.6. The molecule has 0 spiro atoms. The lowest BCUT2D eigenvalue weighted by atomic mass is 9.73. The standard InChI is InChI=1S/C25H26N6O3/c1-25(2)13-19-21(20(32)14-25)22(16-6-5-7-18(12-16)31(33)34)30-24(26-19)27-23(28-30)15-8-10-17(11-9-15)29(3)4/h5-12,22H,13-14H2,1-4H3,(H,26,27,28). The molecule has 0 bridgehead atoms. The molecule has 1 aliphatic carbocycles. The minimum Gasteiger partial charge on any atom is -0.378 e. The zero-order chi connectivity index (χ0) is 24.2. The van der Waals surface area contributed by atoms with E-state index in [4.69, 9.17) is 10.1 Å². The number of nitrogens with zero attached hydrogens (tertiary/aromatic N) is 5. The van der Waals surface area contributed by atoms with Gasteiger partial charge in [-0.05, 0) is 41.7 Å². The van der Waals surface area contributed by atoms with Crippen molar-refractivity contribution in [2.75, 3.05) is 24.3 Å². The van der Waals surface area contributed by atoms with Gasteiger partial charge in [0.2, 0.25) is 5.95 Å². The second kappa shape index (κ2) is 7.79. The van der Waals surface area contributed by atoms with Crippen LogP contribution in [0.4, 0.5) is 17.3 Å². The Morgan fingerprint density at radius 2 is 1.88 bits per heavy atom. The number of Topliss-reactive ketones (excluding diaryl/α,β-unsaturated/α-hetero) is 1. The summed E-state index contributed by atoms with van der Waals surface area (Å²) in [5.74, 6) is 1.07. The number of carbonyl (C=O) groups is 1. The van der Waals surface area contributed by atoms with Crippen LogP contribution < -0.4 is 10.2 Å². The summed E-state index contributed by atoms with van der Waals surface area (Å²) in [6, 6.07) is 13.7. The van der Waals surface area contributed by atoms with Gasteiger partial charge in [-0.3, -0.25) is 14.9 Å². The molecule has 0 saturated carbocycles. The molecular weight excluding hydrogens is 432 g/mol. The maximum atomic E-state index is 13.3. The van der Waals surface area contributed by atoms with Gasteiger partial charge in [-0.15, -0.1) is 5.10 Å². The van der Waals surface area contributed by atoms with Crippen molar-refractivity contribution in [2.24, 2.45) is 5.41 Å². The van der Waals surface area contributed by atoms with Crippen molar-refractivity contribution >= 4 is 23.1 Å². The van der Waals surface area contributed by atoms with Gasteiger partial charge in [0.05, 0.1) is 4.92 Å². The molecule has 1 atom stereocenters. The number of aromatic nitrogens is 3. The highest BCUT2D eigenvalue weighted by Crippen LogP contribution is 2.46. The molecule has 9 heteroatoms. The maximum absolute atomic E-state index is 13.3. The predicted molar refractivity (Wildman–Crippen MR) is 130 cm³/mol. The first-order valence-corrected chi connectivity index (χ1v) is 11.1. The van der Waals surface area contributed by atoms with Crippen LogP contribution in [-0.4, -0.2) is 39.6 Å². The van der Waals surface area contributed by atoms with E-state index in [-0.39, 0.29) is 16.9 Å². The van der Waals surface area contributed by atoms with Crippen LogP contribution in [0.3, 0.4) is 0 Å². The number of anilines is 2. The van der Waals surface area contributed by atoms with Crippen molar-refractivity contribution in [1.82, 2.24) is 14.8 Å². The molecule has 0 amide bonds. The van der Waals surface area contributed by atoms with E-state index in [0.717, 1.165) is 16.9 Å². The molecule has 0 fully saturated rings. The van der Waals surface area contributed by atoms with Crippen molar-refractivity contribution < 1.29 is 9.72 Å². The number of ketones is 1. The molecule has 9 nitrogen and oxygen atoms in total. The third-order valence-corrected chi connectivity index (χ3v) is 6.37. The lowest BCUT2D eigenvalue weighted by Gasteiger charge is -2.38. The first-order chi connectivity index (χ1) is 16.1. The maximum Gasteiger partial charge on any atom is 0.269 e. The number of non-ortho nitro benzene ring substituents is 1. The molecule has 2 aliphatic rings. The number of rotatable bonds is 4. The first kappa shape index (κ1) is 21.8. The van der Waals surface area contributed by atoms with Gasteiger partial charge in [-0.2, -0.15) is 4.98 Å². The van der Waals surface area contributed by atoms with E-state index in [1.165, 1.54) is 12.1 Å². The molecule has 1 aromatic heterocycles. The lowest BCUT2D eigenvalue weighted by molar-refractivity contribution is -0.384. The van der Waals surface area contributed by atoms with Gasteiger partial charge in [0.15, 0.2) is 11.6 Å². The molecule has 1 aliphatic heterocycles. The van der Waals surface area contributed by atoms with Crippen LogP contribution in [0.2, 0.25) is 0 Å². The summed E-state index contributed by atoms with van der Waals surface area (Å²) in [5, 5.41) is 19.6. The second-order valence-corrected chi connectivity index (χ2v) is 9.86. The number of fused-ring (bicyclic) bond motifs is 1. The van der Waals surface area contributed by atoms with Gasteiger partial charge in [-0.1, -0.05) is 26.0 Å². The summed E-state index contributed by atoms with van der Waals surface area (Å²) in [7, 11) is 3.95. The quantitative estimate of drug-likeness (QED) is 0.451. The van der Waals surface area contributed by atoms with E-state index in [0.29, 0.717) is 35.8 Å². The largest absolute Gasteiger partial charge is 0.378 e. The Kier molecular flexibility index (Phi) is 5.00. The van der Waals surface area contributed by atoms with Gasteiger partial charge in [0, 0.05) is 55.2 Å². The van der Waals surface area contributed by atoms with Crippen molar-refractivity contribution in [1.29, 1.82) is 0 Å². The minimum atomic E-state index is -0.586. The normalized spacial score (nSPS) is 18.7. The second-order valence-electron chi connectivity index (χ2n) is 9.86. The third kappa shape index (κ3) is 3.72. The predicted octanol–water partition coefficient (Wildman–Crippen LogP) is 4.58. The number of nitro groups is 1. The van der Waals surface area contributed by atoms with Crippen LogP contribution in [0, 0.1) is 15.5 Å². The minimum absolute atomic E-state index is 0.0216. The van der Waals surface area contributed by atoms with E-state index in [1.54, 1.807) is 16.8 Å². The number of allylic oxidation sites excluding steroid dienone is 2. The molecular formula is C25H26N6O3. The van der Waals surface area contributed by atoms with Gasteiger partial charge >= 0.3 is 0 Å². The molecule has 5 rings (SSSR count). The highest BCUT2D eigenvalue weighted by molar-refractivity contribution is 6.00. The van der Waals surface area contributed by atoms with Crippen molar-refractivity contribution in [3.8, 4) is 11.4 Å². The SMILES string of the molecule is CN(C)c1ccc(-c2nc3n(n2)C(c2cccc([N+](=O)[O-])c2)C2=C(CC(C)(C)CC2=O)N3)cc1. The number of hydrogen-bond donors (Lipinski definition) is 1. The molecule has 34 heavy (non-hydrogen) atoms. The summed E-state index contributed by atoms with van der Waals surface area (Å²) in [6.45, 7) is 4.13. The van der Waals surface area contributed by atoms with Crippen LogP contribution in [0.1, 0.15) is 38.3 Å². The fourth-order valence-corrected chi connectivity index (χ4v) is 4.76. The van der Waals surface area contributed by atoms with E-state index in [9.17, 15) is 14.9 Å². The summed E-state index contributed by atoms with van der Waals surface area (Å²) in [5.41, 5.74) is 3.74. The Morgan fingerprint density at radius 3 is 2.56 bits per heavy atom. The highest BCUT2D eigenvalue weighted by Gasteiger charge is 2.42. The Labute approximate surface area is 197 Å². The van der Waals surface area contributed by atoms with Crippen LogP contribution in [0.15, 0.2) is 59.8 Å². The fraction of sp³-hybridized carbons (Fsp3) is 0.320. The average Bonchev–Trinajstić information content (AvgIpc) is 3.20. The number of nitrogens with one attached hydrogen (secondary N) is 1. The Bertz CT molecular complexity index is 1340. The number of nitro benzene ring substituents is 1. The topological polar surface area (TPSA) is 106 Å². The summed E-state index contributed by atoms with van der Waals surface area (Å²) in [4.78, 5) is 31.1. The molecule has 1 N–H and O–H groups in total. The molecule has 174 valence electrons. The fourth-order valence-electron chi connectivity index (χ4n) is 4.76. The average molecular weight is 459 g/mol. The summed E-state index contributed by atoms with van der Waals surface area (Å²) < 4.78 is 1.68. The Morgan fingerprint density at radius 1 is 1.15 bits per heavy atom. The number of hydrogen-bond acceptors (Lipinski definition) is 7. The summed E-state index contributed by atoms with van der Waals surface area (Å²) in [6.07, 6.45) is 1.08. The Balaban J connectivity index is 1.65. The van der Waals surface area contributed by atoms with Crippen LogP contribution >= 0.6 is 0 Å². The van der Waals surface area contributed by atoms with E-state index in [2.05, 4.69) is 19.2 Å². The van der Waals surface area contributed by atoms with Crippen LogP contribution in [0.25, 0.3) is 11.4 Å². The summed E-state index contributed by atoms with van der Waals surface area (Å²) >= 11 is 0. The van der Waals surface area contributed by atoms with E-state index < -0.39 is 11.0 Å².